The predicted octanol–water partition coefficient (Wildman–Crippen LogP) is 2.62. The van der Waals surface area contributed by atoms with Gasteiger partial charge in [0.25, 0.3) is 0 Å². The van der Waals surface area contributed by atoms with Crippen LogP contribution in [0.3, 0.4) is 0 Å². The van der Waals surface area contributed by atoms with E-state index in [1.54, 1.807) is 0 Å². The lowest BCUT2D eigenvalue weighted by Crippen LogP contribution is -1.95. The van der Waals surface area contributed by atoms with E-state index in [0.29, 0.717) is 11.3 Å². The zero-order chi connectivity index (χ0) is 10.6. The highest BCUT2D eigenvalue weighted by Crippen LogP contribution is 2.32. The molecule has 0 amide bonds. The van der Waals surface area contributed by atoms with Gasteiger partial charge in [0.2, 0.25) is 0 Å². The first-order valence-electron chi connectivity index (χ1n) is 4.00. The van der Waals surface area contributed by atoms with Crippen LogP contribution in [0.4, 0.5) is 4.39 Å². The smallest absolute Gasteiger partial charge is 0.136 e. The largest absolute Gasteiger partial charge is 0.495 e. The monoisotopic (exact) mass is 211 g/mol. The van der Waals surface area contributed by atoms with Gasteiger partial charge in [-0.2, -0.15) is 5.26 Å². The summed E-state index contributed by atoms with van der Waals surface area (Å²) in [7, 11) is 1.52. The zero-order valence-electron chi connectivity index (χ0n) is 8.00. The van der Waals surface area contributed by atoms with Crippen LogP contribution in [0.2, 0.25) is 0 Å². The quantitative estimate of drug-likeness (QED) is 0.720. The van der Waals surface area contributed by atoms with Crippen molar-refractivity contribution < 1.29 is 9.13 Å². The number of halogens is 1. The lowest BCUT2D eigenvalue weighted by atomic mass is 10.1. The molecule has 1 aromatic rings. The third kappa shape index (κ3) is 2.18. The van der Waals surface area contributed by atoms with Gasteiger partial charge in [-0.05, 0) is 18.4 Å². The SMILES string of the molecule is COc1c(CC#N)cc(F)cc1SC. The van der Waals surface area contributed by atoms with Crippen molar-refractivity contribution in [3.8, 4) is 11.8 Å². The molecule has 1 aromatic carbocycles. The molecule has 0 aliphatic carbocycles. The molecule has 1 rings (SSSR count). The maximum Gasteiger partial charge on any atom is 0.136 e. The van der Waals surface area contributed by atoms with E-state index in [1.165, 1.54) is 31.0 Å². The molecular weight excluding hydrogens is 201 g/mol. The summed E-state index contributed by atoms with van der Waals surface area (Å²) in [6.07, 6.45) is 2.00. The van der Waals surface area contributed by atoms with Gasteiger partial charge in [0.1, 0.15) is 11.6 Å². The molecule has 0 atom stereocenters. The van der Waals surface area contributed by atoms with Crippen LogP contribution in [0.25, 0.3) is 0 Å². The molecule has 0 unspecified atom stereocenters. The second-order valence-electron chi connectivity index (χ2n) is 2.64. The Morgan fingerprint density at radius 1 is 1.57 bits per heavy atom. The molecule has 4 heteroatoms. The number of rotatable bonds is 3. The number of nitrogens with zero attached hydrogens (tertiary/aromatic N) is 1. The number of hydrogen-bond acceptors (Lipinski definition) is 3. The maximum absolute atomic E-state index is 13.1. The molecule has 0 aliphatic heterocycles. The van der Waals surface area contributed by atoms with Crippen LogP contribution >= 0.6 is 11.8 Å². The fraction of sp³-hybridized carbons (Fsp3) is 0.300. The summed E-state index contributed by atoms with van der Waals surface area (Å²) in [6, 6.07) is 4.72. The Kier molecular flexibility index (Phi) is 3.78. The molecule has 0 heterocycles. The first-order valence-corrected chi connectivity index (χ1v) is 5.22. The van der Waals surface area contributed by atoms with E-state index in [-0.39, 0.29) is 12.2 Å². The van der Waals surface area contributed by atoms with Crippen LogP contribution in [-0.2, 0) is 6.42 Å². The summed E-state index contributed by atoms with van der Waals surface area (Å²) >= 11 is 1.40. The number of hydrogen-bond donors (Lipinski definition) is 0. The van der Waals surface area contributed by atoms with Gasteiger partial charge < -0.3 is 4.74 Å². The third-order valence-corrected chi connectivity index (χ3v) is 2.53. The van der Waals surface area contributed by atoms with Gasteiger partial charge in [0, 0.05) is 5.56 Å². The molecule has 0 aromatic heterocycles. The minimum absolute atomic E-state index is 0.161. The molecule has 0 fully saturated rings. The van der Waals surface area contributed by atoms with Crippen molar-refractivity contribution in [2.75, 3.05) is 13.4 Å². The maximum atomic E-state index is 13.1. The number of ether oxygens (including phenoxy) is 1. The molecule has 0 N–H and O–H groups in total. The fourth-order valence-electron chi connectivity index (χ4n) is 1.22. The van der Waals surface area contributed by atoms with Crippen LogP contribution < -0.4 is 4.74 Å². The Morgan fingerprint density at radius 2 is 2.29 bits per heavy atom. The van der Waals surface area contributed by atoms with Gasteiger partial charge in [-0.1, -0.05) is 0 Å². The normalized spacial score (nSPS) is 9.57. The van der Waals surface area contributed by atoms with Crippen molar-refractivity contribution >= 4 is 11.8 Å². The second kappa shape index (κ2) is 4.87. The summed E-state index contributed by atoms with van der Waals surface area (Å²) in [6.45, 7) is 0. The van der Waals surface area contributed by atoms with E-state index >= 15 is 0 Å². The van der Waals surface area contributed by atoms with Crippen molar-refractivity contribution in [2.24, 2.45) is 0 Å². The van der Waals surface area contributed by atoms with Crippen molar-refractivity contribution in [3.63, 3.8) is 0 Å². The third-order valence-electron chi connectivity index (χ3n) is 1.79. The molecule has 0 bridgehead atoms. The van der Waals surface area contributed by atoms with E-state index < -0.39 is 0 Å². The summed E-state index contributed by atoms with van der Waals surface area (Å²) in [5.74, 6) is 0.265. The van der Waals surface area contributed by atoms with Crippen LogP contribution in [0.5, 0.6) is 5.75 Å². The topological polar surface area (TPSA) is 33.0 Å². The number of nitriles is 1. The lowest BCUT2D eigenvalue weighted by molar-refractivity contribution is 0.399. The average Bonchev–Trinajstić information content (AvgIpc) is 2.17. The molecule has 14 heavy (non-hydrogen) atoms. The Morgan fingerprint density at radius 3 is 2.79 bits per heavy atom. The number of methoxy groups -OCH3 is 1. The molecule has 0 spiro atoms. The summed E-state index contributed by atoms with van der Waals surface area (Å²) < 4.78 is 18.2. The predicted molar refractivity (Wildman–Crippen MR) is 54.1 cm³/mol. The molecule has 2 nitrogen and oxygen atoms in total. The van der Waals surface area contributed by atoms with Crippen molar-refractivity contribution in [1.82, 2.24) is 0 Å². The first kappa shape index (κ1) is 10.9. The van der Waals surface area contributed by atoms with Crippen LogP contribution in [0.1, 0.15) is 5.56 Å². The van der Waals surface area contributed by atoms with Crippen LogP contribution in [0.15, 0.2) is 17.0 Å². The Balaban J connectivity index is 3.25. The van der Waals surface area contributed by atoms with Gasteiger partial charge >= 0.3 is 0 Å². The highest BCUT2D eigenvalue weighted by Gasteiger charge is 2.10. The van der Waals surface area contributed by atoms with Crippen molar-refractivity contribution in [2.45, 2.75) is 11.3 Å². The Labute approximate surface area is 86.7 Å². The van der Waals surface area contributed by atoms with Crippen LogP contribution in [0, 0.1) is 17.1 Å². The summed E-state index contributed by atoms with van der Waals surface area (Å²) in [5.41, 5.74) is 0.597. The number of benzene rings is 1. The Bertz CT molecular complexity index is 373. The molecule has 0 saturated carbocycles. The minimum atomic E-state index is -0.333. The highest BCUT2D eigenvalue weighted by atomic mass is 32.2. The van der Waals surface area contributed by atoms with Gasteiger partial charge in [-0.25, -0.2) is 4.39 Å². The zero-order valence-corrected chi connectivity index (χ0v) is 8.82. The van der Waals surface area contributed by atoms with E-state index in [2.05, 4.69) is 0 Å². The molecular formula is C10H10FNOS. The van der Waals surface area contributed by atoms with E-state index in [1.807, 2.05) is 12.3 Å². The summed E-state index contributed by atoms with van der Waals surface area (Å²) in [5, 5.41) is 8.56. The molecule has 0 aliphatic rings. The average molecular weight is 211 g/mol. The number of thioether (sulfide) groups is 1. The molecule has 0 radical (unpaired) electrons. The van der Waals surface area contributed by atoms with Gasteiger partial charge in [-0.3, -0.25) is 0 Å². The van der Waals surface area contributed by atoms with Gasteiger partial charge in [-0.15, -0.1) is 11.8 Å². The molecule has 74 valence electrons. The Hall–Kier alpha value is -1.21. The highest BCUT2D eigenvalue weighted by molar-refractivity contribution is 7.98. The second-order valence-corrected chi connectivity index (χ2v) is 3.48. The van der Waals surface area contributed by atoms with E-state index in [0.717, 1.165) is 4.90 Å². The van der Waals surface area contributed by atoms with E-state index in [9.17, 15) is 4.39 Å². The minimum Gasteiger partial charge on any atom is -0.495 e. The van der Waals surface area contributed by atoms with Crippen molar-refractivity contribution in [3.05, 3.63) is 23.5 Å². The van der Waals surface area contributed by atoms with Crippen molar-refractivity contribution in [1.29, 1.82) is 5.26 Å². The van der Waals surface area contributed by atoms with Crippen LogP contribution in [-0.4, -0.2) is 13.4 Å². The summed E-state index contributed by atoms with van der Waals surface area (Å²) in [4.78, 5) is 0.720. The molecule has 0 saturated heterocycles. The fourth-order valence-corrected chi connectivity index (χ4v) is 1.85. The standard InChI is InChI=1S/C10H10FNOS/c1-13-10-7(3-4-12)5-8(11)6-9(10)14-2/h5-6H,3H2,1-2H3. The lowest BCUT2D eigenvalue weighted by Gasteiger charge is -2.10. The van der Waals surface area contributed by atoms with Gasteiger partial charge in [0.15, 0.2) is 0 Å². The first-order chi connectivity index (χ1) is 6.72. The van der Waals surface area contributed by atoms with Gasteiger partial charge in [0.05, 0.1) is 24.5 Å². The van der Waals surface area contributed by atoms with E-state index in [4.69, 9.17) is 10.00 Å².